The highest BCUT2D eigenvalue weighted by atomic mass is 32.2. The minimum Gasteiger partial charge on any atom is -0.339 e. The highest BCUT2D eigenvalue weighted by Gasteiger charge is 2.31. The molecule has 1 amide bonds. The van der Waals surface area contributed by atoms with Gasteiger partial charge in [0.2, 0.25) is 15.9 Å². The molecule has 0 spiro atoms. The normalized spacial score (nSPS) is 20.6. The summed E-state index contributed by atoms with van der Waals surface area (Å²) in [6.45, 7) is 2.43. The van der Waals surface area contributed by atoms with Crippen molar-refractivity contribution in [3.8, 4) is 0 Å². The predicted octanol–water partition coefficient (Wildman–Crippen LogP) is 1.84. The monoisotopic (exact) mass is 425 g/mol. The number of aryl methyl sites for hydroxylation is 2. The fraction of sp³-hybridized carbons (Fsp3) is 0.556. The number of rotatable bonds is 4. The Kier molecular flexibility index (Phi) is 5.82. The van der Waals surface area contributed by atoms with Crippen molar-refractivity contribution in [2.75, 3.05) is 44.2 Å². The van der Waals surface area contributed by atoms with E-state index in [9.17, 15) is 13.2 Å². The first kappa shape index (κ1) is 19.3. The molecule has 4 rings (SSSR count). The van der Waals surface area contributed by atoms with Crippen LogP contribution < -0.4 is 0 Å². The van der Waals surface area contributed by atoms with Gasteiger partial charge in [0.25, 0.3) is 0 Å². The molecule has 0 bridgehead atoms. The number of hydrogen-bond donors (Lipinski definition) is 0. The lowest BCUT2D eigenvalue weighted by atomic mass is 10.1. The van der Waals surface area contributed by atoms with E-state index in [4.69, 9.17) is 0 Å². The number of carbonyl (C=O) groups excluding carboxylic acids is 1. The highest BCUT2D eigenvalue weighted by Crippen LogP contribution is 2.27. The van der Waals surface area contributed by atoms with Gasteiger partial charge in [0.15, 0.2) is 0 Å². The summed E-state index contributed by atoms with van der Waals surface area (Å²) in [6.07, 6.45) is 3.10. The first-order valence-electron chi connectivity index (χ1n) is 9.24. The molecule has 0 saturated carbocycles. The summed E-state index contributed by atoms with van der Waals surface area (Å²) in [7, 11) is -3.49. The van der Waals surface area contributed by atoms with Crippen LogP contribution >= 0.6 is 23.5 Å². The molecule has 6 nitrogen and oxygen atoms in total. The number of fused-ring (bicyclic) bond motifs is 1. The molecule has 1 saturated heterocycles. The second-order valence-electron chi connectivity index (χ2n) is 6.85. The van der Waals surface area contributed by atoms with E-state index in [2.05, 4.69) is 4.99 Å². The van der Waals surface area contributed by atoms with Gasteiger partial charge < -0.3 is 4.90 Å². The summed E-state index contributed by atoms with van der Waals surface area (Å²) in [5.41, 5.74) is 2.43. The van der Waals surface area contributed by atoms with Gasteiger partial charge in [-0.05, 0) is 42.5 Å². The molecule has 0 aromatic heterocycles. The summed E-state index contributed by atoms with van der Waals surface area (Å²) in [6, 6.07) is 5.52. The Balaban J connectivity index is 1.34. The lowest BCUT2D eigenvalue weighted by Gasteiger charge is -2.34. The maximum Gasteiger partial charge on any atom is 0.243 e. The number of amides is 1. The Labute approximate surface area is 168 Å². The number of piperazine rings is 1. The molecule has 0 N–H and O–H groups in total. The van der Waals surface area contributed by atoms with Crippen molar-refractivity contribution in [2.24, 2.45) is 4.99 Å². The van der Waals surface area contributed by atoms with Gasteiger partial charge in [-0.25, -0.2) is 8.42 Å². The van der Waals surface area contributed by atoms with Crippen molar-refractivity contribution >= 4 is 43.8 Å². The zero-order valence-corrected chi connectivity index (χ0v) is 17.5. The topological polar surface area (TPSA) is 70.1 Å². The third kappa shape index (κ3) is 4.21. The van der Waals surface area contributed by atoms with Gasteiger partial charge in [0.1, 0.15) is 4.38 Å². The summed E-state index contributed by atoms with van der Waals surface area (Å²) in [5.74, 6) is 1.43. The Hall–Kier alpha value is -1.03. The van der Waals surface area contributed by atoms with Crippen LogP contribution in [0.3, 0.4) is 0 Å². The summed E-state index contributed by atoms with van der Waals surface area (Å²) in [4.78, 5) is 18.9. The van der Waals surface area contributed by atoms with E-state index in [1.807, 2.05) is 12.1 Å². The average Bonchev–Trinajstić information content (AvgIpc) is 3.37. The Morgan fingerprint density at radius 2 is 1.93 bits per heavy atom. The number of sulfonamides is 1. The molecule has 0 atom stereocenters. The van der Waals surface area contributed by atoms with Crippen molar-refractivity contribution in [3.63, 3.8) is 0 Å². The quantitative estimate of drug-likeness (QED) is 0.736. The number of nitrogens with zero attached hydrogens (tertiary/aromatic N) is 3. The molecule has 146 valence electrons. The van der Waals surface area contributed by atoms with Crippen LogP contribution in [0.4, 0.5) is 0 Å². The van der Waals surface area contributed by atoms with Crippen LogP contribution in [-0.4, -0.2) is 72.1 Å². The van der Waals surface area contributed by atoms with E-state index in [0.29, 0.717) is 36.8 Å². The van der Waals surface area contributed by atoms with Crippen molar-refractivity contribution in [1.82, 2.24) is 9.21 Å². The molecule has 1 fully saturated rings. The Bertz CT molecular complexity index is 862. The Morgan fingerprint density at radius 3 is 2.67 bits per heavy atom. The smallest absolute Gasteiger partial charge is 0.243 e. The third-order valence-electron chi connectivity index (χ3n) is 5.18. The third-order valence-corrected chi connectivity index (χ3v) is 9.31. The molecule has 2 heterocycles. The molecule has 27 heavy (non-hydrogen) atoms. The minimum absolute atomic E-state index is 0.0600. The van der Waals surface area contributed by atoms with E-state index in [0.717, 1.165) is 41.5 Å². The SMILES string of the molecule is O=C(CSC1=NCCS1)N1CCN(S(=O)(=O)c2ccc3c(c2)CCC3)CC1. The molecular formula is C18H23N3O3S3. The van der Waals surface area contributed by atoms with Gasteiger partial charge in [-0.15, -0.1) is 0 Å². The Morgan fingerprint density at radius 1 is 1.15 bits per heavy atom. The van der Waals surface area contributed by atoms with Crippen LogP contribution in [0.1, 0.15) is 17.5 Å². The number of benzene rings is 1. The molecule has 1 aliphatic carbocycles. The highest BCUT2D eigenvalue weighted by molar-refractivity contribution is 8.39. The second-order valence-corrected chi connectivity index (χ2v) is 11.1. The predicted molar refractivity (Wildman–Crippen MR) is 111 cm³/mol. The molecule has 2 aliphatic heterocycles. The van der Waals surface area contributed by atoms with Crippen LogP contribution in [-0.2, 0) is 27.7 Å². The van der Waals surface area contributed by atoms with Gasteiger partial charge in [0.05, 0.1) is 17.2 Å². The van der Waals surface area contributed by atoms with E-state index in [-0.39, 0.29) is 5.91 Å². The number of thioether (sulfide) groups is 2. The van der Waals surface area contributed by atoms with Gasteiger partial charge in [-0.3, -0.25) is 9.79 Å². The first-order valence-corrected chi connectivity index (χ1v) is 12.6. The van der Waals surface area contributed by atoms with Crippen molar-refractivity contribution in [1.29, 1.82) is 0 Å². The lowest BCUT2D eigenvalue weighted by Crippen LogP contribution is -2.51. The standard InChI is InChI=1S/C18H23N3O3S3/c22-17(13-26-18-19-6-11-25-18)20-7-9-21(10-8-20)27(23,24)16-5-4-14-2-1-3-15(14)12-16/h4-5,12H,1-3,6-11,13H2. The van der Waals surface area contributed by atoms with Crippen LogP contribution in [0.15, 0.2) is 28.1 Å². The van der Waals surface area contributed by atoms with E-state index >= 15 is 0 Å². The van der Waals surface area contributed by atoms with Gasteiger partial charge in [-0.2, -0.15) is 4.31 Å². The average molecular weight is 426 g/mol. The lowest BCUT2D eigenvalue weighted by molar-refractivity contribution is -0.129. The van der Waals surface area contributed by atoms with Crippen molar-refractivity contribution in [3.05, 3.63) is 29.3 Å². The zero-order chi connectivity index (χ0) is 18.9. The van der Waals surface area contributed by atoms with E-state index in [1.165, 1.54) is 21.6 Å². The summed E-state index contributed by atoms with van der Waals surface area (Å²) in [5, 5.41) is 0. The molecular weight excluding hydrogens is 402 g/mol. The molecule has 0 radical (unpaired) electrons. The van der Waals surface area contributed by atoms with Gasteiger partial charge >= 0.3 is 0 Å². The fourth-order valence-corrected chi connectivity index (χ4v) is 7.04. The van der Waals surface area contributed by atoms with Crippen LogP contribution in [0.5, 0.6) is 0 Å². The second kappa shape index (κ2) is 8.14. The molecule has 0 unspecified atom stereocenters. The maximum absolute atomic E-state index is 13.0. The number of hydrogen-bond acceptors (Lipinski definition) is 6. The van der Waals surface area contributed by atoms with E-state index < -0.39 is 10.0 Å². The van der Waals surface area contributed by atoms with Crippen LogP contribution in [0.25, 0.3) is 0 Å². The minimum atomic E-state index is -3.49. The number of aliphatic imine (C=N–C) groups is 1. The molecule has 1 aromatic rings. The molecule has 1 aromatic carbocycles. The van der Waals surface area contributed by atoms with Crippen molar-refractivity contribution in [2.45, 2.75) is 24.2 Å². The van der Waals surface area contributed by atoms with Crippen LogP contribution in [0.2, 0.25) is 0 Å². The zero-order valence-electron chi connectivity index (χ0n) is 15.1. The first-order chi connectivity index (χ1) is 13.0. The molecule has 9 heteroatoms. The van der Waals surface area contributed by atoms with Crippen LogP contribution in [0, 0.1) is 0 Å². The van der Waals surface area contributed by atoms with E-state index in [1.54, 1.807) is 22.7 Å². The van der Waals surface area contributed by atoms with Gasteiger partial charge in [-0.1, -0.05) is 29.6 Å². The summed E-state index contributed by atoms with van der Waals surface area (Å²) < 4.78 is 28.4. The fourth-order valence-electron chi connectivity index (χ4n) is 3.65. The maximum atomic E-state index is 13.0. The molecule has 3 aliphatic rings. The summed E-state index contributed by atoms with van der Waals surface area (Å²) >= 11 is 3.19. The van der Waals surface area contributed by atoms with Gasteiger partial charge in [0, 0.05) is 31.9 Å². The number of carbonyl (C=O) groups is 1. The largest absolute Gasteiger partial charge is 0.339 e. The van der Waals surface area contributed by atoms with Crippen molar-refractivity contribution < 1.29 is 13.2 Å².